The van der Waals surface area contributed by atoms with E-state index < -0.39 is 0 Å². The second-order valence-corrected chi connectivity index (χ2v) is 7.03. The molecule has 3 aromatic heterocycles. The number of ether oxygens (including phenoxy) is 1. The fourth-order valence-electron chi connectivity index (χ4n) is 2.70. The molecule has 132 valence electrons. The molecule has 0 radical (unpaired) electrons. The van der Waals surface area contributed by atoms with E-state index >= 15 is 0 Å². The summed E-state index contributed by atoms with van der Waals surface area (Å²) >= 11 is 6.99. The van der Waals surface area contributed by atoms with Crippen LogP contribution in [-0.2, 0) is 0 Å². The molecule has 0 spiro atoms. The van der Waals surface area contributed by atoms with Crippen LogP contribution in [0.5, 0.6) is 11.6 Å². The van der Waals surface area contributed by atoms with Crippen LogP contribution in [0.25, 0.3) is 27.0 Å². The van der Waals surface area contributed by atoms with Gasteiger partial charge in [0.05, 0.1) is 16.6 Å². The minimum atomic E-state index is -0.351. The van der Waals surface area contributed by atoms with Gasteiger partial charge in [0.1, 0.15) is 17.5 Å². The first-order valence-electron chi connectivity index (χ1n) is 7.83. The highest BCUT2D eigenvalue weighted by Gasteiger charge is 2.13. The molecule has 9 heteroatoms. The standard InChI is InChI=1S/C18H9ClN4O3S/c19-10-1-3-11(4-2-10)23-16-13(8-22-23)17(21-9-20-16)25-12-5-6-15-14(7-12)26-18(24)27-15/h1-9H. The summed E-state index contributed by atoms with van der Waals surface area (Å²) in [5.74, 6) is 0.862. The SMILES string of the molecule is O=c1oc2cc(Oc3ncnc4c3cnn4-c3ccc(Cl)cc3)ccc2s1. The predicted octanol–water partition coefficient (Wildman–Crippen LogP) is 4.43. The molecule has 0 unspecified atom stereocenters. The third-order valence-electron chi connectivity index (χ3n) is 3.92. The van der Waals surface area contributed by atoms with Crippen LogP contribution in [0.15, 0.2) is 64.2 Å². The summed E-state index contributed by atoms with van der Waals surface area (Å²) in [4.78, 5) is 19.5. The van der Waals surface area contributed by atoms with E-state index in [0.29, 0.717) is 33.3 Å². The fourth-order valence-corrected chi connectivity index (χ4v) is 3.48. The monoisotopic (exact) mass is 396 g/mol. The van der Waals surface area contributed by atoms with E-state index in [1.807, 2.05) is 12.1 Å². The molecule has 3 heterocycles. The Kier molecular flexibility index (Phi) is 3.66. The van der Waals surface area contributed by atoms with Crippen molar-refractivity contribution < 1.29 is 9.15 Å². The van der Waals surface area contributed by atoms with Gasteiger partial charge in [-0.3, -0.25) is 0 Å². The number of fused-ring (bicyclic) bond motifs is 2. The summed E-state index contributed by atoms with van der Waals surface area (Å²) in [6, 6.07) is 12.5. The van der Waals surface area contributed by atoms with Gasteiger partial charge in [-0.05, 0) is 36.4 Å². The Morgan fingerprint density at radius 1 is 1.11 bits per heavy atom. The summed E-state index contributed by atoms with van der Waals surface area (Å²) in [6.07, 6.45) is 3.05. The molecule has 27 heavy (non-hydrogen) atoms. The molecule has 0 aliphatic carbocycles. The predicted molar refractivity (Wildman–Crippen MR) is 102 cm³/mol. The molecule has 0 fully saturated rings. The summed E-state index contributed by atoms with van der Waals surface area (Å²) in [5, 5.41) is 5.68. The van der Waals surface area contributed by atoms with E-state index in [9.17, 15) is 4.79 Å². The molecular formula is C18H9ClN4O3S. The van der Waals surface area contributed by atoms with Crippen LogP contribution in [-0.4, -0.2) is 19.7 Å². The first-order valence-corrected chi connectivity index (χ1v) is 9.03. The van der Waals surface area contributed by atoms with Gasteiger partial charge < -0.3 is 9.15 Å². The van der Waals surface area contributed by atoms with Crippen molar-refractivity contribution in [1.82, 2.24) is 19.7 Å². The molecule has 0 saturated heterocycles. The van der Waals surface area contributed by atoms with Gasteiger partial charge >= 0.3 is 4.94 Å². The molecule has 2 aromatic carbocycles. The van der Waals surface area contributed by atoms with Gasteiger partial charge in [-0.15, -0.1) is 0 Å². The maximum atomic E-state index is 11.4. The lowest BCUT2D eigenvalue weighted by molar-refractivity contribution is 0.467. The molecule has 0 amide bonds. The second-order valence-electron chi connectivity index (χ2n) is 5.61. The fraction of sp³-hybridized carbons (Fsp3) is 0. The van der Waals surface area contributed by atoms with Crippen molar-refractivity contribution >= 4 is 44.3 Å². The maximum absolute atomic E-state index is 11.4. The molecular weight excluding hydrogens is 388 g/mol. The lowest BCUT2D eigenvalue weighted by atomic mass is 10.3. The average molecular weight is 397 g/mol. The molecule has 0 N–H and O–H groups in total. The van der Waals surface area contributed by atoms with Crippen LogP contribution < -0.4 is 9.68 Å². The number of nitrogens with zero attached hydrogens (tertiary/aromatic N) is 4. The highest BCUT2D eigenvalue weighted by atomic mass is 35.5. The summed E-state index contributed by atoms with van der Waals surface area (Å²) in [5.41, 5.74) is 1.90. The summed E-state index contributed by atoms with van der Waals surface area (Å²) < 4.78 is 13.5. The largest absolute Gasteiger partial charge is 0.438 e. The first-order chi connectivity index (χ1) is 13.2. The third-order valence-corrected chi connectivity index (χ3v) is 4.98. The Hall–Kier alpha value is -3.23. The number of halogens is 1. The van der Waals surface area contributed by atoms with Gasteiger partial charge in [-0.2, -0.15) is 5.10 Å². The van der Waals surface area contributed by atoms with Crippen molar-refractivity contribution in [2.45, 2.75) is 0 Å². The minimum absolute atomic E-state index is 0.351. The number of aromatic nitrogens is 4. The van der Waals surface area contributed by atoms with Gasteiger partial charge in [0.15, 0.2) is 11.2 Å². The Morgan fingerprint density at radius 2 is 1.96 bits per heavy atom. The van der Waals surface area contributed by atoms with Crippen LogP contribution >= 0.6 is 22.9 Å². The van der Waals surface area contributed by atoms with Crippen molar-refractivity contribution in [3.05, 3.63) is 69.7 Å². The Morgan fingerprint density at radius 3 is 2.81 bits per heavy atom. The van der Waals surface area contributed by atoms with Crippen molar-refractivity contribution in [1.29, 1.82) is 0 Å². The number of hydrogen-bond donors (Lipinski definition) is 0. The summed E-state index contributed by atoms with van der Waals surface area (Å²) in [7, 11) is 0. The zero-order valence-corrected chi connectivity index (χ0v) is 15.1. The van der Waals surface area contributed by atoms with Crippen molar-refractivity contribution in [2.24, 2.45) is 0 Å². The molecule has 0 atom stereocenters. The quantitative estimate of drug-likeness (QED) is 0.448. The highest BCUT2D eigenvalue weighted by Crippen LogP contribution is 2.30. The minimum Gasteiger partial charge on any atom is -0.438 e. The normalized spacial score (nSPS) is 11.3. The van der Waals surface area contributed by atoms with E-state index in [0.717, 1.165) is 21.7 Å². The molecule has 5 aromatic rings. The Labute approximate surface area is 160 Å². The van der Waals surface area contributed by atoms with E-state index in [1.54, 1.807) is 41.2 Å². The van der Waals surface area contributed by atoms with Gasteiger partial charge in [0.2, 0.25) is 5.88 Å². The van der Waals surface area contributed by atoms with Crippen molar-refractivity contribution in [3.8, 4) is 17.3 Å². The topological polar surface area (TPSA) is 83.0 Å². The number of benzene rings is 2. The second kappa shape index (κ2) is 6.19. The summed E-state index contributed by atoms with van der Waals surface area (Å²) in [6.45, 7) is 0. The van der Waals surface area contributed by atoms with Crippen LogP contribution in [0.2, 0.25) is 5.02 Å². The van der Waals surface area contributed by atoms with Crippen LogP contribution in [0.3, 0.4) is 0 Å². The van der Waals surface area contributed by atoms with Gasteiger partial charge in [0, 0.05) is 11.1 Å². The number of rotatable bonds is 3. The van der Waals surface area contributed by atoms with Gasteiger partial charge in [0.25, 0.3) is 0 Å². The maximum Gasteiger partial charge on any atom is 0.396 e. The third kappa shape index (κ3) is 2.84. The molecule has 0 aliphatic rings. The van der Waals surface area contributed by atoms with Crippen LogP contribution in [0, 0.1) is 0 Å². The van der Waals surface area contributed by atoms with Gasteiger partial charge in [-0.25, -0.2) is 19.4 Å². The van der Waals surface area contributed by atoms with E-state index in [2.05, 4.69) is 15.1 Å². The van der Waals surface area contributed by atoms with E-state index in [4.69, 9.17) is 20.8 Å². The zero-order chi connectivity index (χ0) is 18.4. The van der Waals surface area contributed by atoms with Gasteiger partial charge in [-0.1, -0.05) is 22.9 Å². The van der Waals surface area contributed by atoms with Crippen molar-refractivity contribution in [3.63, 3.8) is 0 Å². The first kappa shape index (κ1) is 16.0. The molecule has 7 nitrogen and oxygen atoms in total. The highest BCUT2D eigenvalue weighted by molar-refractivity contribution is 7.16. The van der Waals surface area contributed by atoms with E-state index in [-0.39, 0.29) is 4.94 Å². The average Bonchev–Trinajstić information content (AvgIpc) is 3.25. The lowest BCUT2D eigenvalue weighted by Crippen LogP contribution is -1.98. The molecule has 0 aliphatic heterocycles. The van der Waals surface area contributed by atoms with E-state index in [1.165, 1.54) is 6.33 Å². The molecule has 5 rings (SSSR count). The molecule has 0 bridgehead atoms. The van der Waals surface area contributed by atoms with Crippen LogP contribution in [0.1, 0.15) is 0 Å². The Balaban J connectivity index is 1.57. The van der Waals surface area contributed by atoms with Crippen LogP contribution in [0.4, 0.5) is 0 Å². The smallest absolute Gasteiger partial charge is 0.396 e. The zero-order valence-electron chi connectivity index (χ0n) is 13.5. The lowest BCUT2D eigenvalue weighted by Gasteiger charge is -2.06. The number of hydrogen-bond acceptors (Lipinski definition) is 7. The molecule has 0 saturated carbocycles. The van der Waals surface area contributed by atoms with Crippen molar-refractivity contribution in [2.75, 3.05) is 0 Å². The Bertz CT molecular complexity index is 1340.